The van der Waals surface area contributed by atoms with E-state index in [1.165, 1.54) is 11.3 Å². The predicted octanol–water partition coefficient (Wildman–Crippen LogP) is 3.24. The van der Waals surface area contributed by atoms with Crippen LogP contribution in [0.5, 0.6) is 0 Å². The molecular weight excluding hydrogens is 268 g/mol. The fourth-order valence-corrected chi connectivity index (χ4v) is 2.74. The van der Waals surface area contributed by atoms with Crippen molar-refractivity contribution in [2.75, 3.05) is 11.6 Å². The van der Waals surface area contributed by atoms with Crippen LogP contribution >= 0.6 is 23.1 Å². The van der Waals surface area contributed by atoms with Crippen molar-refractivity contribution in [1.82, 2.24) is 4.98 Å². The predicted molar refractivity (Wildman–Crippen MR) is 75.0 cm³/mol. The van der Waals surface area contributed by atoms with E-state index >= 15 is 0 Å². The van der Waals surface area contributed by atoms with Crippen molar-refractivity contribution >= 4 is 39.9 Å². The number of para-hydroxylation sites is 1. The monoisotopic (exact) mass is 280 g/mol. The van der Waals surface area contributed by atoms with Gasteiger partial charge in [0.2, 0.25) is 0 Å². The van der Waals surface area contributed by atoms with Crippen molar-refractivity contribution in [3.05, 3.63) is 35.3 Å². The van der Waals surface area contributed by atoms with Gasteiger partial charge >= 0.3 is 5.97 Å². The lowest BCUT2D eigenvalue weighted by atomic mass is 10.3. The topological polar surface area (TPSA) is 62.2 Å². The number of thiazole rings is 1. The first-order valence-electron chi connectivity index (χ1n) is 5.25. The lowest BCUT2D eigenvalue weighted by Crippen LogP contribution is -2.00. The molecule has 0 saturated heterocycles. The maximum Gasteiger partial charge on any atom is 0.309 e. The van der Waals surface area contributed by atoms with E-state index in [1.54, 1.807) is 17.1 Å². The van der Waals surface area contributed by atoms with E-state index in [4.69, 9.17) is 5.11 Å². The van der Waals surface area contributed by atoms with Crippen LogP contribution in [0.15, 0.2) is 34.5 Å². The first-order chi connectivity index (χ1) is 8.69. The zero-order valence-electron chi connectivity index (χ0n) is 9.71. The second-order valence-electron chi connectivity index (χ2n) is 3.54. The number of rotatable bonds is 5. The van der Waals surface area contributed by atoms with Crippen molar-refractivity contribution < 1.29 is 9.90 Å². The van der Waals surface area contributed by atoms with Gasteiger partial charge in [0.25, 0.3) is 0 Å². The molecule has 0 aliphatic carbocycles. The van der Waals surface area contributed by atoms with Crippen LogP contribution < -0.4 is 5.32 Å². The minimum Gasteiger partial charge on any atom is -0.481 e. The van der Waals surface area contributed by atoms with Crippen LogP contribution in [0.4, 0.5) is 10.8 Å². The Hall–Kier alpha value is -1.53. The smallest absolute Gasteiger partial charge is 0.309 e. The molecule has 0 amide bonds. The van der Waals surface area contributed by atoms with Gasteiger partial charge in [0.15, 0.2) is 5.13 Å². The van der Waals surface area contributed by atoms with Gasteiger partial charge in [0.1, 0.15) is 0 Å². The summed E-state index contributed by atoms with van der Waals surface area (Å²) in [5.74, 6) is -0.864. The molecule has 2 N–H and O–H groups in total. The number of aliphatic carboxylic acids is 1. The highest BCUT2D eigenvalue weighted by molar-refractivity contribution is 7.98. The first kappa shape index (κ1) is 12.9. The van der Waals surface area contributed by atoms with E-state index < -0.39 is 5.97 Å². The second kappa shape index (κ2) is 5.88. The first-order valence-corrected chi connectivity index (χ1v) is 7.35. The average molecular weight is 280 g/mol. The highest BCUT2D eigenvalue weighted by Gasteiger charge is 2.07. The van der Waals surface area contributed by atoms with Gasteiger partial charge in [0.05, 0.1) is 17.8 Å². The summed E-state index contributed by atoms with van der Waals surface area (Å²) >= 11 is 3.06. The minimum atomic E-state index is -0.864. The zero-order chi connectivity index (χ0) is 13.0. The molecule has 4 nitrogen and oxygen atoms in total. The number of carboxylic acids is 1. The molecule has 2 rings (SSSR count). The number of hydrogen-bond donors (Lipinski definition) is 2. The van der Waals surface area contributed by atoms with E-state index in [-0.39, 0.29) is 6.42 Å². The van der Waals surface area contributed by atoms with Crippen molar-refractivity contribution in [1.29, 1.82) is 0 Å². The van der Waals surface area contributed by atoms with Gasteiger partial charge in [-0.05, 0) is 18.4 Å². The number of anilines is 2. The van der Waals surface area contributed by atoms with Gasteiger partial charge in [-0.15, -0.1) is 23.1 Å². The number of nitrogens with one attached hydrogen (secondary N) is 1. The largest absolute Gasteiger partial charge is 0.481 e. The summed E-state index contributed by atoms with van der Waals surface area (Å²) in [5, 5.41) is 14.4. The molecule has 0 saturated carbocycles. The average Bonchev–Trinajstić information content (AvgIpc) is 2.76. The highest BCUT2D eigenvalue weighted by atomic mass is 32.2. The molecule has 0 spiro atoms. The van der Waals surface area contributed by atoms with Gasteiger partial charge in [-0.3, -0.25) is 4.79 Å². The molecule has 0 radical (unpaired) electrons. The zero-order valence-corrected chi connectivity index (χ0v) is 11.3. The Morgan fingerprint density at radius 1 is 1.50 bits per heavy atom. The standard InChI is InChI=1S/C12H12N2O2S2/c1-17-10-5-3-2-4-9(10)14-12-13-8(7-18-12)6-11(15)16/h2-5,7H,6H2,1H3,(H,13,14)(H,15,16). The van der Waals surface area contributed by atoms with Crippen LogP contribution in [0, 0.1) is 0 Å². The van der Waals surface area contributed by atoms with Gasteiger partial charge in [-0.2, -0.15) is 0 Å². The van der Waals surface area contributed by atoms with Gasteiger partial charge in [-0.25, -0.2) is 4.98 Å². The quantitative estimate of drug-likeness (QED) is 0.823. The molecule has 18 heavy (non-hydrogen) atoms. The van der Waals surface area contributed by atoms with Crippen LogP contribution in [0.25, 0.3) is 0 Å². The molecule has 0 unspecified atom stereocenters. The molecule has 0 aliphatic heterocycles. The third-order valence-electron chi connectivity index (χ3n) is 2.23. The summed E-state index contributed by atoms with van der Waals surface area (Å²) in [4.78, 5) is 15.9. The third kappa shape index (κ3) is 3.24. The fourth-order valence-electron chi connectivity index (χ4n) is 1.46. The summed E-state index contributed by atoms with van der Waals surface area (Å²) in [6.45, 7) is 0. The van der Waals surface area contributed by atoms with Crippen molar-refractivity contribution in [3.8, 4) is 0 Å². The minimum absolute atomic E-state index is 0.0393. The second-order valence-corrected chi connectivity index (χ2v) is 5.25. The number of nitrogens with zero attached hydrogens (tertiary/aromatic N) is 1. The number of thioether (sulfide) groups is 1. The maximum atomic E-state index is 10.6. The van der Waals surface area contributed by atoms with Crippen LogP contribution in [-0.2, 0) is 11.2 Å². The maximum absolute atomic E-state index is 10.6. The SMILES string of the molecule is CSc1ccccc1Nc1nc(CC(=O)O)cs1. The summed E-state index contributed by atoms with van der Waals surface area (Å²) in [7, 11) is 0. The third-order valence-corrected chi connectivity index (χ3v) is 3.84. The molecule has 0 atom stereocenters. The van der Waals surface area contributed by atoms with Crippen molar-refractivity contribution in [3.63, 3.8) is 0 Å². The lowest BCUT2D eigenvalue weighted by molar-refractivity contribution is -0.136. The molecular formula is C12H12N2O2S2. The van der Waals surface area contributed by atoms with Crippen molar-refractivity contribution in [2.24, 2.45) is 0 Å². The van der Waals surface area contributed by atoms with Gasteiger partial charge in [0, 0.05) is 10.3 Å². The van der Waals surface area contributed by atoms with Crippen LogP contribution in [0.3, 0.4) is 0 Å². The Morgan fingerprint density at radius 2 is 2.28 bits per heavy atom. The number of carboxylic acid groups (broad SMARTS) is 1. The van der Waals surface area contributed by atoms with E-state index in [9.17, 15) is 4.79 Å². The van der Waals surface area contributed by atoms with Crippen LogP contribution in [-0.4, -0.2) is 22.3 Å². The van der Waals surface area contributed by atoms with E-state index in [0.717, 1.165) is 10.6 Å². The number of aromatic nitrogens is 1. The summed E-state index contributed by atoms with van der Waals surface area (Å²) in [6.07, 6.45) is 1.97. The Kier molecular flexibility index (Phi) is 4.22. The van der Waals surface area contributed by atoms with Gasteiger partial charge < -0.3 is 10.4 Å². The Balaban J connectivity index is 2.13. The molecule has 1 aromatic carbocycles. The van der Waals surface area contributed by atoms with Crippen molar-refractivity contribution in [2.45, 2.75) is 11.3 Å². The Bertz CT molecular complexity index is 555. The molecule has 0 fully saturated rings. The molecule has 0 aliphatic rings. The Morgan fingerprint density at radius 3 is 3.00 bits per heavy atom. The van der Waals surface area contributed by atoms with Crippen LogP contribution in [0.2, 0.25) is 0 Å². The van der Waals surface area contributed by atoms with E-state index in [2.05, 4.69) is 10.3 Å². The molecule has 2 aromatic rings. The molecule has 94 valence electrons. The molecule has 1 aromatic heterocycles. The van der Waals surface area contributed by atoms with Gasteiger partial charge in [-0.1, -0.05) is 12.1 Å². The normalized spacial score (nSPS) is 10.3. The summed E-state index contributed by atoms with van der Waals surface area (Å²) < 4.78 is 0. The fraction of sp³-hybridized carbons (Fsp3) is 0.167. The molecule has 6 heteroatoms. The van der Waals surface area contributed by atoms with E-state index in [1.807, 2.05) is 30.5 Å². The van der Waals surface area contributed by atoms with E-state index in [0.29, 0.717) is 10.8 Å². The number of carbonyl (C=O) groups is 1. The lowest BCUT2D eigenvalue weighted by Gasteiger charge is -2.07. The molecule has 0 bridgehead atoms. The number of benzene rings is 1. The summed E-state index contributed by atoms with van der Waals surface area (Å²) in [6, 6.07) is 7.94. The molecule has 1 heterocycles. The Labute approximate surface area is 113 Å². The summed E-state index contributed by atoms with van der Waals surface area (Å²) in [5.41, 5.74) is 1.57. The van der Waals surface area contributed by atoms with Crippen LogP contribution in [0.1, 0.15) is 5.69 Å². The highest BCUT2D eigenvalue weighted by Crippen LogP contribution is 2.29. The number of hydrogen-bond acceptors (Lipinski definition) is 5.